The van der Waals surface area contributed by atoms with Crippen molar-refractivity contribution in [3.8, 4) is 11.3 Å². The van der Waals surface area contributed by atoms with Gasteiger partial charge in [-0.15, -0.1) is 11.3 Å². The molecule has 3 heterocycles. The lowest BCUT2D eigenvalue weighted by molar-refractivity contribution is -0.122. The Bertz CT molecular complexity index is 1620. The highest BCUT2D eigenvalue weighted by Gasteiger charge is 2.15. The third-order valence-corrected chi connectivity index (χ3v) is 6.47. The quantitative estimate of drug-likeness (QED) is 0.370. The number of amides is 2. The van der Waals surface area contributed by atoms with E-state index >= 15 is 0 Å². The van der Waals surface area contributed by atoms with Crippen LogP contribution in [0.1, 0.15) is 22.3 Å². The maximum absolute atomic E-state index is 13.0. The van der Waals surface area contributed by atoms with Gasteiger partial charge in [-0.3, -0.25) is 29.8 Å². The fourth-order valence-corrected chi connectivity index (χ4v) is 4.49. The second-order valence-corrected chi connectivity index (χ2v) is 8.97. The first-order chi connectivity index (χ1) is 17.0. The molecule has 0 aliphatic heterocycles. The van der Waals surface area contributed by atoms with Gasteiger partial charge in [-0.05, 0) is 30.5 Å². The number of para-hydroxylation sites is 1. The van der Waals surface area contributed by atoms with Crippen molar-refractivity contribution < 1.29 is 9.59 Å². The van der Waals surface area contributed by atoms with Crippen molar-refractivity contribution in [2.45, 2.75) is 19.9 Å². The molecule has 5 rings (SSSR count). The Hall–Kier alpha value is -4.37. The summed E-state index contributed by atoms with van der Waals surface area (Å²) in [5, 5.41) is 3.01. The Balaban J connectivity index is 1.30. The summed E-state index contributed by atoms with van der Waals surface area (Å²) in [5.74, 6) is -0.878. The molecule has 0 saturated heterocycles. The molecule has 0 unspecified atom stereocenters. The number of carbonyl (C=O) groups excluding carboxylic acids is 2. The minimum absolute atomic E-state index is 0.00319. The van der Waals surface area contributed by atoms with Gasteiger partial charge in [0, 0.05) is 23.9 Å². The van der Waals surface area contributed by atoms with Crippen LogP contribution in [0, 0.1) is 6.92 Å². The van der Waals surface area contributed by atoms with Crippen LogP contribution in [0.25, 0.3) is 32.4 Å². The minimum Gasteiger partial charge on any atom is -0.298 e. The minimum atomic E-state index is -0.455. The predicted molar refractivity (Wildman–Crippen MR) is 136 cm³/mol. The summed E-state index contributed by atoms with van der Waals surface area (Å²) in [6.45, 7) is 2.15. The zero-order valence-corrected chi connectivity index (χ0v) is 19.6. The molecule has 0 fully saturated rings. The number of hydrogen-bond donors (Lipinski definition) is 2. The Kier molecular flexibility index (Phi) is 6.07. The van der Waals surface area contributed by atoms with Gasteiger partial charge in [-0.1, -0.05) is 48.0 Å². The van der Waals surface area contributed by atoms with Gasteiger partial charge < -0.3 is 0 Å². The van der Waals surface area contributed by atoms with E-state index in [1.807, 2.05) is 55.5 Å². The summed E-state index contributed by atoms with van der Waals surface area (Å²) < 4.78 is 1.39. The molecule has 35 heavy (non-hydrogen) atoms. The number of rotatable bonds is 5. The van der Waals surface area contributed by atoms with Crippen molar-refractivity contribution in [1.82, 2.24) is 25.4 Å². The predicted octanol–water partition coefficient (Wildman–Crippen LogP) is 3.83. The number of carbonyl (C=O) groups is 2. The number of benzene rings is 2. The smallest absolute Gasteiger partial charge is 0.270 e. The van der Waals surface area contributed by atoms with Crippen LogP contribution in [0.3, 0.4) is 0 Å². The number of hydrazine groups is 1. The molecule has 9 heteroatoms. The third kappa shape index (κ3) is 4.67. The number of fused-ring (bicyclic) bond motifs is 2. The Morgan fingerprint density at radius 1 is 1.00 bits per heavy atom. The van der Waals surface area contributed by atoms with Crippen LogP contribution < -0.4 is 16.4 Å². The Morgan fingerprint density at radius 3 is 2.63 bits per heavy atom. The van der Waals surface area contributed by atoms with Crippen molar-refractivity contribution in [1.29, 1.82) is 0 Å². The highest BCUT2D eigenvalue weighted by molar-refractivity contribution is 7.16. The fraction of sp³-hybridized carbons (Fsp3) is 0.115. The number of pyridine rings is 1. The summed E-state index contributed by atoms with van der Waals surface area (Å²) in [6, 6.07) is 18.7. The lowest BCUT2D eigenvalue weighted by atomic mass is 10.0. The van der Waals surface area contributed by atoms with E-state index in [4.69, 9.17) is 4.98 Å². The van der Waals surface area contributed by atoms with Crippen LogP contribution in [-0.4, -0.2) is 26.3 Å². The second kappa shape index (κ2) is 9.47. The molecule has 0 radical (unpaired) electrons. The average Bonchev–Trinajstić information content (AvgIpc) is 3.36. The van der Waals surface area contributed by atoms with E-state index in [0.717, 1.165) is 11.1 Å². The molecule has 2 amide bonds. The first-order valence-corrected chi connectivity index (χ1v) is 11.9. The van der Waals surface area contributed by atoms with Gasteiger partial charge in [-0.2, -0.15) is 0 Å². The number of aryl methyl sites for hydroxylation is 2. The van der Waals surface area contributed by atoms with Gasteiger partial charge in [0.2, 0.25) is 5.91 Å². The second-order valence-electron chi connectivity index (χ2n) is 8.07. The molecule has 3 aromatic heterocycles. The van der Waals surface area contributed by atoms with Crippen LogP contribution in [0.2, 0.25) is 0 Å². The summed E-state index contributed by atoms with van der Waals surface area (Å²) >= 11 is 1.39. The normalized spacial score (nSPS) is 11.0. The van der Waals surface area contributed by atoms with Crippen LogP contribution in [0.15, 0.2) is 77.2 Å². The number of nitrogens with one attached hydrogen (secondary N) is 2. The van der Waals surface area contributed by atoms with E-state index in [2.05, 4.69) is 15.8 Å². The van der Waals surface area contributed by atoms with E-state index in [-0.39, 0.29) is 18.5 Å². The fourth-order valence-electron chi connectivity index (χ4n) is 3.77. The largest absolute Gasteiger partial charge is 0.298 e. The molecule has 8 nitrogen and oxygen atoms in total. The molecular weight excluding hydrogens is 462 g/mol. The average molecular weight is 484 g/mol. The molecule has 2 N–H and O–H groups in total. The van der Waals surface area contributed by atoms with Crippen molar-refractivity contribution >= 4 is 44.3 Å². The summed E-state index contributed by atoms with van der Waals surface area (Å²) in [4.78, 5) is 47.5. The topological polar surface area (TPSA) is 106 Å². The van der Waals surface area contributed by atoms with Crippen molar-refractivity contribution in [2.24, 2.45) is 0 Å². The summed E-state index contributed by atoms with van der Waals surface area (Å²) in [7, 11) is 0. The number of nitrogens with zero attached hydrogens (tertiary/aromatic N) is 3. The van der Waals surface area contributed by atoms with Crippen LogP contribution in [0.4, 0.5) is 0 Å². The van der Waals surface area contributed by atoms with E-state index in [0.29, 0.717) is 32.4 Å². The lowest BCUT2D eigenvalue weighted by Crippen LogP contribution is -2.42. The standard InChI is InChI=1S/C26H21N5O3S/c1-16-6-8-17(9-7-16)22-14-20(18-4-2-3-5-21(18)28-22)24(33)30-29-23(32)10-12-31-15-27-25-19(26(31)34)11-13-35-25/h2-9,11,13-15H,10,12H2,1H3,(H,29,32)(H,30,33). The van der Waals surface area contributed by atoms with Gasteiger partial charge in [-0.25, -0.2) is 9.97 Å². The van der Waals surface area contributed by atoms with E-state index in [9.17, 15) is 14.4 Å². The lowest BCUT2D eigenvalue weighted by Gasteiger charge is -2.12. The van der Waals surface area contributed by atoms with E-state index in [1.54, 1.807) is 17.5 Å². The number of hydrogen-bond acceptors (Lipinski definition) is 6. The van der Waals surface area contributed by atoms with Crippen molar-refractivity contribution in [2.75, 3.05) is 0 Å². The molecule has 0 saturated carbocycles. The molecule has 5 aromatic rings. The molecule has 0 bridgehead atoms. The van der Waals surface area contributed by atoms with E-state index < -0.39 is 11.8 Å². The van der Waals surface area contributed by atoms with E-state index in [1.165, 1.54) is 22.2 Å². The Morgan fingerprint density at radius 2 is 1.80 bits per heavy atom. The SMILES string of the molecule is Cc1ccc(-c2cc(C(=O)NNC(=O)CCn3cnc4sccc4c3=O)c3ccccc3n2)cc1. The first-order valence-electron chi connectivity index (χ1n) is 11.0. The molecular formula is C26H21N5O3S. The van der Waals surface area contributed by atoms with Crippen molar-refractivity contribution in [3.63, 3.8) is 0 Å². The molecule has 174 valence electrons. The van der Waals surface area contributed by atoms with Gasteiger partial charge in [0.1, 0.15) is 4.83 Å². The molecule has 0 atom stereocenters. The van der Waals surface area contributed by atoms with Crippen LogP contribution >= 0.6 is 11.3 Å². The monoisotopic (exact) mass is 483 g/mol. The van der Waals surface area contributed by atoms with Crippen LogP contribution in [0.5, 0.6) is 0 Å². The molecule has 0 aliphatic carbocycles. The van der Waals surface area contributed by atoms with Gasteiger partial charge in [0.25, 0.3) is 11.5 Å². The highest BCUT2D eigenvalue weighted by atomic mass is 32.1. The molecule has 0 aliphatic rings. The zero-order valence-electron chi connectivity index (χ0n) is 18.8. The summed E-state index contributed by atoms with van der Waals surface area (Å²) in [6.07, 6.45) is 1.44. The Labute approximate surface area is 204 Å². The van der Waals surface area contributed by atoms with Crippen LogP contribution in [-0.2, 0) is 11.3 Å². The van der Waals surface area contributed by atoms with Gasteiger partial charge in [0.05, 0.1) is 28.5 Å². The molecule has 2 aromatic carbocycles. The first kappa shape index (κ1) is 22.4. The number of aromatic nitrogens is 3. The molecule has 0 spiro atoms. The summed E-state index contributed by atoms with van der Waals surface area (Å²) in [5.41, 5.74) is 8.49. The highest BCUT2D eigenvalue weighted by Crippen LogP contribution is 2.25. The van der Waals surface area contributed by atoms with Gasteiger partial charge in [0.15, 0.2) is 0 Å². The zero-order chi connectivity index (χ0) is 24.4. The number of thiophene rings is 1. The maximum Gasteiger partial charge on any atom is 0.270 e. The van der Waals surface area contributed by atoms with Crippen molar-refractivity contribution in [3.05, 3.63) is 93.9 Å². The van der Waals surface area contributed by atoms with Gasteiger partial charge >= 0.3 is 0 Å². The third-order valence-electron chi connectivity index (χ3n) is 5.65. The maximum atomic E-state index is 13.0.